The van der Waals surface area contributed by atoms with Crippen LogP contribution in [0.3, 0.4) is 0 Å². The summed E-state index contributed by atoms with van der Waals surface area (Å²) in [7, 11) is 0. The van der Waals surface area contributed by atoms with Crippen LogP contribution in [0, 0.1) is 6.92 Å². The van der Waals surface area contributed by atoms with Gasteiger partial charge >= 0.3 is 0 Å². The van der Waals surface area contributed by atoms with Crippen LogP contribution in [0.2, 0.25) is 5.02 Å². The highest BCUT2D eigenvalue weighted by atomic mass is 35.5. The monoisotopic (exact) mass is 458 g/mol. The van der Waals surface area contributed by atoms with Gasteiger partial charge in [-0.3, -0.25) is 9.59 Å². The lowest BCUT2D eigenvalue weighted by Crippen LogP contribution is -2.50. The quantitative estimate of drug-likeness (QED) is 0.523. The van der Waals surface area contributed by atoms with Crippen molar-refractivity contribution >= 4 is 35.2 Å². The first-order valence-corrected chi connectivity index (χ1v) is 12.3. The normalized spacial score (nSPS) is 15.3. The van der Waals surface area contributed by atoms with Gasteiger partial charge in [-0.25, -0.2) is 0 Å². The fraction of sp³-hybridized carbons (Fsp3) is 0.440. The highest BCUT2D eigenvalue weighted by molar-refractivity contribution is 8.00. The zero-order valence-electron chi connectivity index (χ0n) is 18.3. The molecule has 0 unspecified atom stereocenters. The maximum atomic E-state index is 13.2. The van der Waals surface area contributed by atoms with E-state index in [1.54, 1.807) is 4.90 Å². The molecule has 0 aliphatic heterocycles. The van der Waals surface area contributed by atoms with Gasteiger partial charge in [0.1, 0.15) is 6.04 Å². The van der Waals surface area contributed by atoms with Crippen LogP contribution < -0.4 is 5.32 Å². The van der Waals surface area contributed by atoms with Gasteiger partial charge in [0.2, 0.25) is 11.8 Å². The number of nitrogens with zero attached hydrogens (tertiary/aromatic N) is 1. The number of benzene rings is 2. The maximum absolute atomic E-state index is 13.2. The van der Waals surface area contributed by atoms with Crippen LogP contribution in [0.25, 0.3) is 0 Å². The Bertz CT molecular complexity index is 864. The van der Waals surface area contributed by atoms with Gasteiger partial charge < -0.3 is 10.2 Å². The smallest absolute Gasteiger partial charge is 0.242 e. The Kier molecular flexibility index (Phi) is 8.85. The average molecular weight is 459 g/mol. The molecule has 31 heavy (non-hydrogen) atoms. The fourth-order valence-electron chi connectivity index (χ4n) is 3.80. The van der Waals surface area contributed by atoms with E-state index in [0.717, 1.165) is 36.1 Å². The van der Waals surface area contributed by atoms with Crippen LogP contribution in [0.1, 0.15) is 50.2 Å². The van der Waals surface area contributed by atoms with Crippen LogP contribution >= 0.6 is 23.4 Å². The number of nitrogens with one attached hydrogen (secondary N) is 1. The van der Waals surface area contributed by atoms with Crippen molar-refractivity contribution in [3.05, 3.63) is 64.7 Å². The molecule has 2 amide bonds. The summed E-state index contributed by atoms with van der Waals surface area (Å²) in [6.07, 6.45) is 5.60. The first-order chi connectivity index (χ1) is 14.9. The number of hydrogen-bond donors (Lipinski definition) is 1. The van der Waals surface area contributed by atoms with Gasteiger partial charge in [-0.1, -0.05) is 60.7 Å². The molecule has 1 fully saturated rings. The van der Waals surface area contributed by atoms with E-state index in [1.165, 1.54) is 23.7 Å². The minimum Gasteiger partial charge on any atom is -0.352 e. The van der Waals surface area contributed by atoms with Crippen molar-refractivity contribution in [1.82, 2.24) is 10.2 Å². The van der Waals surface area contributed by atoms with Crippen molar-refractivity contribution in [2.75, 3.05) is 5.75 Å². The van der Waals surface area contributed by atoms with Gasteiger partial charge in [0.25, 0.3) is 0 Å². The van der Waals surface area contributed by atoms with Gasteiger partial charge in [0.15, 0.2) is 0 Å². The average Bonchev–Trinajstić information content (AvgIpc) is 2.78. The third-order valence-electron chi connectivity index (χ3n) is 5.77. The molecule has 2 aromatic carbocycles. The number of carbonyl (C=O) groups is 2. The second-order valence-electron chi connectivity index (χ2n) is 8.27. The first kappa shape index (κ1) is 23.7. The Hall–Kier alpha value is -1.98. The topological polar surface area (TPSA) is 49.4 Å². The van der Waals surface area contributed by atoms with E-state index >= 15 is 0 Å². The molecule has 1 aliphatic carbocycles. The second-order valence-corrected chi connectivity index (χ2v) is 9.75. The summed E-state index contributed by atoms with van der Waals surface area (Å²) in [6, 6.07) is 15.3. The minimum atomic E-state index is -0.526. The standard InChI is InChI=1S/C25H31ClN2O2S/c1-18-8-10-20(11-9-18)16-28(19(2)25(30)27-22-6-4-3-5-7-22)24(29)17-31-23-14-12-21(26)13-15-23/h8-15,19,22H,3-7,16-17H2,1-2H3,(H,27,30)/t19-/m0/s1. The third-order valence-corrected chi connectivity index (χ3v) is 7.02. The highest BCUT2D eigenvalue weighted by Crippen LogP contribution is 2.22. The molecule has 1 N–H and O–H groups in total. The van der Waals surface area contributed by atoms with E-state index in [-0.39, 0.29) is 23.6 Å². The van der Waals surface area contributed by atoms with E-state index in [2.05, 4.69) is 5.32 Å². The lowest BCUT2D eigenvalue weighted by molar-refractivity contribution is -0.139. The fourth-order valence-corrected chi connectivity index (χ4v) is 4.71. The Morgan fingerprint density at radius 3 is 2.35 bits per heavy atom. The van der Waals surface area contributed by atoms with Crippen LogP contribution in [0.4, 0.5) is 0 Å². The zero-order valence-corrected chi connectivity index (χ0v) is 19.8. The molecule has 2 aromatic rings. The van der Waals surface area contributed by atoms with E-state index in [1.807, 2.05) is 62.4 Å². The molecule has 0 aromatic heterocycles. The first-order valence-electron chi connectivity index (χ1n) is 11.0. The van der Waals surface area contributed by atoms with E-state index in [0.29, 0.717) is 11.6 Å². The second kappa shape index (κ2) is 11.6. The molecule has 1 atom stereocenters. The van der Waals surface area contributed by atoms with Gasteiger partial charge in [-0.15, -0.1) is 11.8 Å². The van der Waals surface area contributed by atoms with E-state index < -0.39 is 6.04 Å². The molecule has 1 saturated carbocycles. The number of hydrogen-bond acceptors (Lipinski definition) is 3. The van der Waals surface area contributed by atoms with Crippen LogP contribution in [-0.4, -0.2) is 34.6 Å². The Morgan fingerprint density at radius 2 is 1.71 bits per heavy atom. The minimum absolute atomic E-state index is 0.0492. The summed E-state index contributed by atoms with van der Waals surface area (Å²) < 4.78 is 0. The molecule has 0 bridgehead atoms. The number of halogens is 1. The van der Waals surface area contributed by atoms with Crippen molar-refractivity contribution in [2.24, 2.45) is 0 Å². The number of aryl methyl sites for hydroxylation is 1. The summed E-state index contributed by atoms with van der Waals surface area (Å²) in [5, 5.41) is 3.85. The maximum Gasteiger partial charge on any atom is 0.242 e. The van der Waals surface area contributed by atoms with Crippen molar-refractivity contribution < 1.29 is 9.59 Å². The van der Waals surface area contributed by atoms with Crippen LogP contribution in [0.5, 0.6) is 0 Å². The number of amides is 2. The van der Waals surface area contributed by atoms with Crippen molar-refractivity contribution in [1.29, 1.82) is 0 Å². The molecule has 0 radical (unpaired) electrons. The van der Waals surface area contributed by atoms with Gasteiger partial charge in [0, 0.05) is 22.5 Å². The summed E-state index contributed by atoms with van der Waals surface area (Å²) in [5.74, 6) is 0.157. The molecule has 4 nitrogen and oxygen atoms in total. The molecule has 0 heterocycles. The summed E-state index contributed by atoms with van der Waals surface area (Å²) in [4.78, 5) is 28.9. The predicted octanol–water partition coefficient (Wildman–Crippen LogP) is 5.61. The number of carbonyl (C=O) groups excluding carboxylic acids is 2. The highest BCUT2D eigenvalue weighted by Gasteiger charge is 2.28. The number of thioether (sulfide) groups is 1. The van der Waals surface area contributed by atoms with Crippen LogP contribution in [-0.2, 0) is 16.1 Å². The predicted molar refractivity (Wildman–Crippen MR) is 128 cm³/mol. The molecule has 166 valence electrons. The Balaban J connectivity index is 1.69. The SMILES string of the molecule is Cc1ccc(CN(C(=O)CSc2ccc(Cl)cc2)[C@@H](C)C(=O)NC2CCCCC2)cc1. The summed E-state index contributed by atoms with van der Waals surface area (Å²) in [6.45, 7) is 4.28. The molecule has 1 aliphatic rings. The third kappa shape index (κ3) is 7.29. The van der Waals surface area contributed by atoms with Crippen LogP contribution in [0.15, 0.2) is 53.4 Å². The molecular weight excluding hydrogens is 428 g/mol. The zero-order chi connectivity index (χ0) is 22.2. The Morgan fingerprint density at radius 1 is 1.06 bits per heavy atom. The lowest BCUT2D eigenvalue weighted by Gasteiger charge is -2.31. The van der Waals surface area contributed by atoms with Crippen molar-refractivity contribution in [3.63, 3.8) is 0 Å². The lowest BCUT2D eigenvalue weighted by atomic mass is 9.95. The van der Waals surface area contributed by atoms with Crippen molar-refractivity contribution in [2.45, 2.75) is 69.5 Å². The summed E-state index contributed by atoms with van der Waals surface area (Å²) in [5.41, 5.74) is 2.19. The molecule has 0 saturated heterocycles. The van der Waals surface area contributed by atoms with Gasteiger partial charge in [-0.05, 0) is 56.5 Å². The Labute approximate surface area is 194 Å². The van der Waals surface area contributed by atoms with E-state index in [9.17, 15) is 9.59 Å². The molecule has 3 rings (SSSR count). The number of rotatable bonds is 8. The summed E-state index contributed by atoms with van der Waals surface area (Å²) >= 11 is 7.42. The molecule has 6 heteroatoms. The van der Waals surface area contributed by atoms with Gasteiger partial charge in [-0.2, -0.15) is 0 Å². The molecule has 0 spiro atoms. The largest absolute Gasteiger partial charge is 0.352 e. The van der Waals surface area contributed by atoms with E-state index in [4.69, 9.17) is 11.6 Å². The van der Waals surface area contributed by atoms with Gasteiger partial charge in [0.05, 0.1) is 5.75 Å². The molecular formula is C25H31ClN2O2S. The van der Waals surface area contributed by atoms with Crippen molar-refractivity contribution in [3.8, 4) is 0 Å².